The zero-order valence-electron chi connectivity index (χ0n) is 15.2. The molecule has 3 rings (SSSR count). The van der Waals surface area contributed by atoms with Gasteiger partial charge in [-0.1, -0.05) is 19.1 Å². The molecule has 2 atom stereocenters. The molecule has 1 amide bonds. The molecule has 0 aromatic heterocycles. The Morgan fingerprint density at radius 1 is 1.31 bits per heavy atom. The third kappa shape index (κ3) is 3.46. The molecule has 1 aromatic carbocycles. The number of hydrogen-bond donors (Lipinski definition) is 1. The number of benzene rings is 1. The molecule has 1 fully saturated rings. The van der Waals surface area contributed by atoms with E-state index in [9.17, 15) is 14.7 Å². The maximum atomic E-state index is 12.7. The Bertz CT molecular complexity index is 703. The summed E-state index contributed by atoms with van der Waals surface area (Å²) < 4.78 is 11.1. The Labute approximate surface area is 153 Å². The van der Waals surface area contributed by atoms with Crippen LogP contribution in [0.15, 0.2) is 35.6 Å². The Hall–Kier alpha value is -2.34. The summed E-state index contributed by atoms with van der Waals surface area (Å²) in [5.74, 6) is -0.433. The number of rotatable bonds is 7. The van der Waals surface area contributed by atoms with E-state index in [2.05, 4.69) is 0 Å². The average Bonchev–Trinajstić information content (AvgIpc) is 3.24. The summed E-state index contributed by atoms with van der Waals surface area (Å²) in [5, 5.41) is 10.4. The van der Waals surface area contributed by atoms with Crippen molar-refractivity contribution in [1.82, 2.24) is 4.90 Å². The maximum absolute atomic E-state index is 12.7. The normalized spacial score (nSPS) is 23.0. The molecular formula is C20H25NO5. The van der Waals surface area contributed by atoms with E-state index in [4.69, 9.17) is 9.47 Å². The summed E-state index contributed by atoms with van der Waals surface area (Å²) in [4.78, 5) is 26.7. The first-order chi connectivity index (χ1) is 12.6. The van der Waals surface area contributed by atoms with Gasteiger partial charge in [0.15, 0.2) is 11.5 Å². The van der Waals surface area contributed by atoms with Crippen LogP contribution < -0.4 is 4.74 Å². The number of ketones is 1. The minimum atomic E-state index is -0.588. The van der Waals surface area contributed by atoms with Gasteiger partial charge in [0.2, 0.25) is 0 Å². The minimum absolute atomic E-state index is 0.0620. The fourth-order valence-corrected chi connectivity index (χ4v) is 3.58. The lowest BCUT2D eigenvalue weighted by Gasteiger charge is -2.29. The number of carbonyl (C=O) groups excluding carboxylic acids is 2. The lowest BCUT2D eigenvalue weighted by molar-refractivity contribution is -0.131. The molecule has 0 radical (unpaired) electrons. The van der Waals surface area contributed by atoms with E-state index in [1.165, 1.54) is 0 Å². The zero-order valence-corrected chi connectivity index (χ0v) is 15.2. The van der Waals surface area contributed by atoms with Gasteiger partial charge in [-0.2, -0.15) is 0 Å². The van der Waals surface area contributed by atoms with Crippen molar-refractivity contribution in [3.8, 4) is 5.75 Å². The quantitative estimate of drug-likeness (QED) is 0.810. The Morgan fingerprint density at radius 2 is 2.04 bits per heavy atom. The number of Topliss-reactive ketones (excluding diaryl/α,β-unsaturated/α-hetero) is 1. The molecule has 2 aliphatic rings. The monoisotopic (exact) mass is 359 g/mol. The Kier molecular flexibility index (Phi) is 5.61. The number of amides is 1. The van der Waals surface area contributed by atoms with Crippen LogP contribution in [0.5, 0.6) is 5.75 Å². The molecule has 2 heterocycles. The molecule has 0 aliphatic carbocycles. The standard InChI is InChI=1S/C20H25NO5/c1-3-16(22)17-18(13-7-9-14(10-8-13)25-4-2)21(20(24)19(17)23)12-15-6-5-11-26-15/h7-10,15,18,23H,3-6,11-12H2,1-2H3. The zero-order chi connectivity index (χ0) is 18.7. The highest BCUT2D eigenvalue weighted by atomic mass is 16.5. The molecule has 26 heavy (non-hydrogen) atoms. The van der Waals surface area contributed by atoms with Crippen molar-refractivity contribution < 1.29 is 24.2 Å². The van der Waals surface area contributed by atoms with Gasteiger partial charge in [0.25, 0.3) is 5.91 Å². The van der Waals surface area contributed by atoms with Gasteiger partial charge in [-0.15, -0.1) is 0 Å². The minimum Gasteiger partial charge on any atom is -0.503 e. The number of carbonyl (C=O) groups is 2. The predicted octanol–water partition coefficient (Wildman–Crippen LogP) is 2.94. The Balaban J connectivity index is 1.95. The van der Waals surface area contributed by atoms with E-state index in [1.807, 2.05) is 31.2 Å². The highest BCUT2D eigenvalue weighted by Gasteiger charge is 2.44. The molecule has 0 spiro atoms. The SMILES string of the molecule is CCOc1ccc(C2C(C(=O)CC)=C(O)C(=O)N2CC2CCCO2)cc1. The fourth-order valence-electron chi connectivity index (χ4n) is 3.58. The highest BCUT2D eigenvalue weighted by molar-refractivity contribution is 6.08. The van der Waals surface area contributed by atoms with Crippen molar-refractivity contribution in [3.63, 3.8) is 0 Å². The molecule has 1 saturated heterocycles. The smallest absolute Gasteiger partial charge is 0.290 e. The van der Waals surface area contributed by atoms with Gasteiger partial charge in [-0.05, 0) is 37.5 Å². The van der Waals surface area contributed by atoms with E-state index in [0.717, 1.165) is 24.2 Å². The molecule has 0 bridgehead atoms. The van der Waals surface area contributed by atoms with Crippen molar-refractivity contribution in [3.05, 3.63) is 41.2 Å². The van der Waals surface area contributed by atoms with E-state index >= 15 is 0 Å². The van der Waals surface area contributed by atoms with Crippen LogP contribution in [-0.2, 0) is 14.3 Å². The van der Waals surface area contributed by atoms with Crippen molar-refractivity contribution in [2.45, 2.75) is 45.3 Å². The average molecular weight is 359 g/mol. The first kappa shape index (κ1) is 18.5. The van der Waals surface area contributed by atoms with E-state index < -0.39 is 17.7 Å². The summed E-state index contributed by atoms with van der Waals surface area (Å²) in [6.45, 7) is 5.24. The summed E-state index contributed by atoms with van der Waals surface area (Å²) in [6, 6.07) is 6.73. The van der Waals surface area contributed by atoms with Crippen molar-refractivity contribution in [2.24, 2.45) is 0 Å². The molecule has 1 N–H and O–H groups in total. The van der Waals surface area contributed by atoms with Crippen molar-refractivity contribution in [2.75, 3.05) is 19.8 Å². The van der Waals surface area contributed by atoms with Crippen molar-refractivity contribution >= 4 is 11.7 Å². The van der Waals surface area contributed by atoms with Crippen LogP contribution in [0.3, 0.4) is 0 Å². The number of hydrogen-bond acceptors (Lipinski definition) is 5. The van der Waals surface area contributed by atoms with Gasteiger partial charge in [0, 0.05) is 19.6 Å². The van der Waals surface area contributed by atoms with Crippen LogP contribution in [0.2, 0.25) is 0 Å². The molecule has 6 nitrogen and oxygen atoms in total. The second-order valence-electron chi connectivity index (χ2n) is 6.54. The number of nitrogens with zero attached hydrogens (tertiary/aromatic N) is 1. The van der Waals surface area contributed by atoms with Gasteiger partial charge >= 0.3 is 0 Å². The molecule has 0 saturated carbocycles. The van der Waals surface area contributed by atoms with Crippen LogP contribution in [0.1, 0.15) is 44.7 Å². The molecule has 6 heteroatoms. The third-order valence-electron chi connectivity index (χ3n) is 4.86. The lowest BCUT2D eigenvalue weighted by atomic mass is 9.95. The van der Waals surface area contributed by atoms with Crippen LogP contribution in [0.25, 0.3) is 0 Å². The second-order valence-corrected chi connectivity index (χ2v) is 6.54. The number of aliphatic hydroxyl groups is 1. The summed E-state index contributed by atoms with van der Waals surface area (Å²) >= 11 is 0. The Morgan fingerprint density at radius 3 is 2.62 bits per heavy atom. The molecule has 2 unspecified atom stereocenters. The highest BCUT2D eigenvalue weighted by Crippen LogP contribution is 2.39. The van der Waals surface area contributed by atoms with Crippen molar-refractivity contribution in [1.29, 1.82) is 0 Å². The maximum Gasteiger partial charge on any atom is 0.290 e. The van der Waals surface area contributed by atoms with Crippen LogP contribution in [0.4, 0.5) is 0 Å². The van der Waals surface area contributed by atoms with Gasteiger partial charge in [0.1, 0.15) is 5.75 Å². The topological polar surface area (TPSA) is 76.1 Å². The van der Waals surface area contributed by atoms with Crippen LogP contribution >= 0.6 is 0 Å². The first-order valence-electron chi connectivity index (χ1n) is 9.18. The van der Waals surface area contributed by atoms with Gasteiger partial charge in [0.05, 0.1) is 24.3 Å². The van der Waals surface area contributed by atoms with Crippen LogP contribution in [0, 0.1) is 0 Å². The predicted molar refractivity (Wildman–Crippen MR) is 96.0 cm³/mol. The van der Waals surface area contributed by atoms with Crippen LogP contribution in [-0.4, -0.2) is 47.6 Å². The summed E-state index contributed by atoms with van der Waals surface area (Å²) in [7, 11) is 0. The molecular weight excluding hydrogens is 334 g/mol. The summed E-state index contributed by atoms with van der Waals surface area (Å²) in [5.41, 5.74) is 0.959. The molecule has 1 aromatic rings. The van der Waals surface area contributed by atoms with Gasteiger partial charge < -0.3 is 19.5 Å². The first-order valence-corrected chi connectivity index (χ1v) is 9.18. The largest absolute Gasteiger partial charge is 0.503 e. The third-order valence-corrected chi connectivity index (χ3v) is 4.86. The number of aliphatic hydroxyl groups excluding tert-OH is 1. The molecule has 2 aliphatic heterocycles. The lowest BCUT2D eigenvalue weighted by Crippen LogP contribution is -2.37. The van der Waals surface area contributed by atoms with E-state index in [1.54, 1.807) is 11.8 Å². The number of ether oxygens (including phenoxy) is 2. The second kappa shape index (κ2) is 7.91. The van der Waals surface area contributed by atoms with E-state index in [0.29, 0.717) is 19.8 Å². The summed E-state index contributed by atoms with van der Waals surface area (Å²) in [6.07, 6.45) is 2.00. The fraction of sp³-hybridized carbons (Fsp3) is 0.500. The van der Waals surface area contributed by atoms with E-state index in [-0.39, 0.29) is 23.9 Å². The molecule has 140 valence electrons. The van der Waals surface area contributed by atoms with Gasteiger partial charge in [-0.25, -0.2) is 0 Å². The van der Waals surface area contributed by atoms with Gasteiger partial charge in [-0.3, -0.25) is 9.59 Å².